The van der Waals surface area contributed by atoms with E-state index in [4.69, 9.17) is 37.7 Å². The Hall–Kier alpha value is -3.89. The summed E-state index contributed by atoms with van der Waals surface area (Å²) in [4.78, 5) is 43.0. The van der Waals surface area contributed by atoms with Crippen molar-refractivity contribution in [1.82, 2.24) is 24.1 Å². The highest BCUT2D eigenvalue weighted by Crippen LogP contribution is 2.45. The Morgan fingerprint density at radius 1 is 1.05 bits per heavy atom. The van der Waals surface area contributed by atoms with Gasteiger partial charge in [0.15, 0.2) is 5.69 Å². The molecule has 0 aliphatic carbocycles. The molecule has 0 bridgehead atoms. The van der Waals surface area contributed by atoms with Gasteiger partial charge in [-0.2, -0.15) is 4.98 Å². The number of benzene rings is 1. The van der Waals surface area contributed by atoms with E-state index < -0.39 is 11.9 Å². The zero-order valence-electron chi connectivity index (χ0n) is 24.3. The Morgan fingerprint density at radius 2 is 1.76 bits per heavy atom. The van der Waals surface area contributed by atoms with E-state index in [0.29, 0.717) is 33.5 Å². The van der Waals surface area contributed by atoms with E-state index >= 15 is 0 Å². The summed E-state index contributed by atoms with van der Waals surface area (Å²) in [7, 11) is 4.65. The third kappa shape index (κ3) is 4.92. The predicted molar refractivity (Wildman–Crippen MR) is 162 cm³/mol. The standard InChI is InChI=1S/C30H32Cl2N6O4/c1-7-8-9-21-20(32)14-22(28(39)36(21)4)38-24(17-10-12-18(31)13-11-17)25-23(29(38)40)34-26(37(25)16(2)3)19-15-33-30(42-6)35-27(19)41-5/h10-16,24H,7-9H2,1-6H3/t24-/m1/s1. The molecule has 0 saturated carbocycles. The number of hydrogen-bond acceptors (Lipinski definition) is 7. The summed E-state index contributed by atoms with van der Waals surface area (Å²) in [5, 5.41) is 0.979. The number of rotatable bonds is 9. The Kier molecular flexibility index (Phi) is 8.30. The lowest BCUT2D eigenvalue weighted by atomic mass is 10.0. The van der Waals surface area contributed by atoms with Gasteiger partial charge < -0.3 is 18.6 Å². The zero-order valence-corrected chi connectivity index (χ0v) is 25.8. The van der Waals surface area contributed by atoms with Gasteiger partial charge >= 0.3 is 6.01 Å². The molecule has 0 saturated heterocycles. The fourth-order valence-corrected chi connectivity index (χ4v) is 5.86. The molecule has 4 aromatic rings. The number of carbonyl (C=O) groups excluding carboxylic acids is 1. The maximum atomic E-state index is 14.3. The number of methoxy groups -OCH3 is 2. The molecule has 5 rings (SSSR count). The number of ether oxygens (including phenoxy) is 2. The fourth-order valence-electron chi connectivity index (χ4n) is 5.41. The number of anilines is 1. The second-order valence-electron chi connectivity index (χ2n) is 10.3. The minimum absolute atomic E-state index is 0.141. The predicted octanol–water partition coefficient (Wildman–Crippen LogP) is 6.04. The van der Waals surface area contributed by atoms with Crippen LogP contribution in [0.4, 0.5) is 5.69 Å². The first kappa shape index (κ1) is 29.6. The number of imidazole rings is 1. The first-order chi connectivity index (χ1) is 20.1. The van der Waals surface area contributed by atoms with Crippen molar-refractivity contribution in [3.8, 4) is 23.3 Å². The van der Waals surface area contributed by atoms with Crippen molar-refractivity contribution >= 4 is 34.8 Å². The van der Waals surface area contributed by atoms with Crippen LogP contribution in [0.1, 0.15) is 73.1 Å². The third-order valence-corrected chi connectivity index (χ3v) is 8.01. The Balaban J connectivity index is 1.77. The molecule has 12 heteroatoms. The van der Waals surface area contributed by atoms with Crippen molar-refractivity contribution in [2.75, 3.05) is 19.1 Å². The van der Waals surface area contributed by atoms with E-state index in [0.717, 1.165) is 24.1 Å². The van der Waals surface area contributed by atoms with Crippen molar-refractivity contribution in [3.05, 3.63) is 79.6 Å². The van der Waals surface area contributed by atoms with Crippen LogP contribution in [0, 0.1) is 0 Å². The molecule has 10 nitrogen and oxygen atoms in total. The van der Waals surface area contributed by atoms with E-state index in [2.05, 4.69) is 16.9 Å². The molecule has 1 aromatic carbocycles. The molecule has 1 amide bonds. The van der Waals surface area contributed by atoms with Gasteiger partial charge in [-0.25, -0.2) is 9.97 Å². The van der Waals surface area contributed by atoms with Crippen LogP contribution in [0.5, 0.6) is 11.9 Å². The van der Waals surface area contributed by atoms with Crippen molar-refractivity contribution in [2.45, 2.75) is 52.1 Å². The van der Waals surface area contributed by atoms with Gasteiger partial charge in [-0.1, -0.05) is 48.7 Å². The lowest BCUT2D eigenvalue weighted by Crippen LogP contribution is -2.36. The number of amides is 1. The summed E-state index contributed by atoms with van der Waals surface area (Å²) in [6, 6.07) is 8.11. The number of pyridine rings is 1. The van der Waals surface area contributed by atoms with Gasteiger partial charge in [0.1, 0.15) is 17.6 Å². The van der Waals surface area contributed by atoms with Crippen LogP contribution in [0.3, 0.4) is 0 Å². The number of fused-ring (bicyclic) bond motifs is 1. The van der Waals surface area contributed by atoms with E-state index in [1.54, 1.807) is 31.4 Å². The van der Waals surface area contributed by atoms with Crippen molar-refractivity contribution < 1.29 is 14.3 Å². The van der Waals surface area contributed by atoms with Crippen LogP contribution >= 0.6 is 23.2 Å². The SMILES string of the molecule is CCCCc1c(Cl)cc(N2C(=O)c3nc(-c4cnc(OC)nc4OC)n(C(C)C)c3[C@H]2c2ccc(Cl)cc2)c(=O)n1C. The smallest absolute Gasteiger partial charge is 0.319 e. The van der Waals surface area contributed by atoms with Gasteiger partial charge in [0.2, 0.25) is 5.88 Å². The first-order valence-corrected chi connectivity index (χ1v) is 14.4. The fraction of sp³-hybridized carbons (Fsp3) is 0.367. The maximum absolute atomic E-state index is 14.3. The van der Waals surface area contributed by atoms with Crippen LogP contribution in [-0.2, 0) is 13.5 Å². The highest BCUT2D eigenvalue weighted by molar-refractivity contribution is 6.31. The quantitative estimate of drug-likeness (QED) is 0.228. The monoisotopic (exact) mass is 610 g/mol. The molecule has 0 radical (unpaired) electrons. The summed E-state index contributed by atoms with van der Waals surface area (Å²) in [5.74, 6) is 0.291. The molecule has 0 N–H and O–H groups in total. The largest absolute Gasteiger partial charge is 0.480 e. The number of aromatic nitrogens is 5. The molecule has 1 aliphatic rings. The van der Waals surface area contributed by atoms with Gasteiger partial charge in [-0.3, -0.25) is 14.5 Å². The number of carbonyl (C=O) groups is 1. The van der Waals surface area contributed by atoms with Gasteiger partial charge in [0.05, 0.1) is 30.5 Å². The molecule has 0 fully saturated rings. The summed E-state index contributed by atoms with van der Waals surface area (Å²) in [6.07, 6.45) is 4.07. The first-order valence-electron chi connectivity index (χ1n) is 13.7. The number of nitrogens with zero attached hydrogens (tertiary/aromatic N) is 6. The molecular formula is C30H32Cl2N6O4. The van der Waals surface area contributed by atoms with Crippen LogP contribution in [-0.4, -0.2) is 44.2 Å². The number of unbranched alkanes of at least 4 members (excludes halogenated alkanes) is 1. The van der Waals surface area contributed by atoms with Crippen molar-refractivity contribution in [1.29, 1.82) is 0 Å². The maximum Gasteiger partial charge on any atom is 0.319 e. The van der Waals surface area contributed by atoms with E-state index in [9.17, 15) is 9.59 Å². The molecular weight excluding hydrogens is 579 g/mol. The number of hydrogen-bond donors (Lipinski definition) is 0. The summed E-state index contributed by atoms with van der Waals surface area (Å²) in [6.45, 7) is 6.07. The molecule has 0 unspecified atom stereocenters. The minimum Gasteiger partial charge on any atom is -0.480 e. The Labute approximate surface area is 253 Å². The molecule has 3 aromatic heterocycles. The van der Waals surface area contributed by atoms with E-state index in [-0.39, 0.29) is 34.9 Å². The van der Waals surface area contributed by atoms with E-state index in [1.165, 1.54) is 23.7 Å². The normalized spacial score (nSPS) is 14.5. The zero-order chi connectivity index (χ0) is 30.3. The molecule has 1 aliphatic heterocycles. The van der Waals surface area contributed by atoms with Gasteiger partial charge in [0, 0.05) is 30.0 Å². The molecule has 1 atom stereocenters. The van der Waals surface area contributed by atoms with Crippen LogP contribution < -0.4 is 19.9 Å². The molecule has 220 valence electrons. The minimum atomic E-state index is -0.691. The molecule has 4 heterocycles. The Bertz CT molecular complexity index is 1710. The van der Waals surface area contributed by atoms with Gasteiger partial charge in [-0.15, -0.1) is 0 Å². The average molecular weight is 612 g/mol. The topological polar surface area (TPSA) is 104 Å². The lowest BCUT2D eigenvalue weighted by Gasteiger charge is -2.29. The summed E-state index contributed by atoms with van der Waals surface area (Å²) >= 11 is 13.0. The summed E-state index contributed by atoms with van der Waals surface area (Å²) < 4.78 is 14.2. The molecule has 42 heavy (non-hydrogen) atoms. The van der Waals surface area contributed by atoms with Crippen LogP contribution in [0.15, 0.2) is 41.3 Å². The van der Waals surface area contributed by atoms with Gasteiger partial charge in [0.25, 0.3) is 11.5 Å². The van der Waals surface area contributed by atoms with Gasteiger partial charge in [-0.05, 0) is 50.5 Å². The lowest BCUT2D eigenvalue weighted by molar-refractivity contribution is 0.0989. The Morgan fingerprint density at radius 3 is 2.38 bits per heavy atom. The third-order valence-electron chi connectivity index (χ3n) is 7.43. The van der Waals surface area contributed by atoms with Crippen LogP contribution in [0.2, 0.25) is 10.0 Å². The van der Waals surface area contributed by atoms with Crippen LogP contribution in [0.25, 0.3) is 11.4 Å². The second kappa shape index (κ2) is 11.8. The second-order valence-corrected chi connectivity index (χ2v) is 11.2. The highest BCUT2D eigenvalue weighted by Gasteiger charge is 2.46. The van der Waals surface area contributed by atoms with Crippen molar-refractivity contribution in [2.24, 2.45) is 7.05 Å². The molecule has 0 spiro atoms. The number of halogens is 2. The van der Waals surface area contributed by atoms with E-state index in [1.807, 2.05) is 30.5 Å². The summed E-state index contributed by atoms with van der Waals surface area (Å²) in [5.41, 5.74) is 2.68. The average Bonchev–Trinajstić information content (AvgIpc) is 3.50. The van der Waals surface area contributed by atoms with Crippen molar-refractivity contribution in [3.63, 3.8) is 0 Å². The highest BCUT2D eigenvalue weighted by atomic mass is 35.5.